The number of rotatable bonds is 6. The summed E-state index contributed by atoms with van der Waals surface area (Å²) in [6.45, 7) is 7.73. The first-order valence-corrected chi connectivity index (χ1v) is 12.9. The molecule has 2 aliphatic rings. The number of thiazole rings is 1. The molecule has 2 amide bonds. The number of carbonyl (C=O) groups excluding carboxylic acids is 2. The maximum absolute atomic E-state index is 13.6. The minimum Gasteiger partial charge on any atom is -0.396 e. The predicted molar refractivity (Wildman–Crippen MR) is 133 cm³/mol. The normalized spacial score (nSPS) is 29.9. The lowest BCUT2D eigenvalue weighted by Gasteiger charge is -2.58. The van der Waals surface area contributed by atoms with Crippen LogP contribution in [0.25, 0.3) is 0 Å². The number of aromatic nitrogens is 1. The summed E-state index contributed by atoms with van der Waals surface area (Å²) in [6, 6.07) is 5.47. The Bertz CT molecular complexity index is 1120. The van der Waals surface area contributed by atoms with Gasteiger partial charge < -0.3 is 15.5 Å². The number of nitrogens with zero attached hydrogens (tertiary/aromatic N) is 1. The SMILES string of the molecule is CC(C)NC(=O)CC1c2nc(NC(=O)c3cccc(F)c3)sc2CC2C(C)(CO)C(O)CCC12C. The first-order valence-electron chi connectivity index (χ1n) is 12.1. The van der Waals surface area contributed by atoms with Crippen molar-refractivity contribution in [3.05, 3.63) is 46.2 Å². The number of anilines is 1. The molecule has 4 N–H and O–H groups in total. The molecule has 0 saturated heterocycles. The summed E-state index contributed by atoms with van der Waals surface area (Å²) in [4.78, 5) is 31.3. The molecule has 1 heterocycles. The molecule has 5 unspecified atom stereocenters. The number of hydrogen-bond donors (Lipinski definition) is 4. The minimum atomic E-state index is -0.716. The van der Waals surface area contributed by atoms with Gasteiger partial charge in [0, 0.05) is 34.2 Å². The van der Waals surface area contributed by atoms with Crippen molar-refractivity contribution in [2.24, 2.45) is 16.7 Å². The number of benzene rings is 1. The summed E-state index contributed by atoms with van der Waals surface area (Å²) in [5, 5.41) is 27.4. The van der Waals surface area contributed by atoms with E-state index in [4.69, 9.17) is 4.98 Å². The van der Waals surface area contributed by atoms with Crippen LogP contribution in [0.3, 0.4) is 0 Å². The zero-order valence-electron chi connectivity index (χ0n) is 20.6. The lowest BCUT2D eigenvalue weighted by atomic mass is 9.47. The van der Waals surface area contributed by atoms with Gasteiger partial charge >= 0.3 is 0 Å². The molecule has 4 rings (SSSR count). The highest BCUT2D eigenvalue weighted by Gasteiger charge is 2.59. The zero-order chi connectivity index (χ0) is 25.5. The molecule has 1 aromatic heterocycles. The van der Waals surface area contributed by atoms with Crippen molar-refractivity contribution in [1.82, 2.24) is 10.3 Å². The van der Waals surface area contributed by atoms with Gasteiger partial charge in [-0.3, -0.25) is 14.9 Å². The van der Waals surface area contributed by atoms with Gasteiger partial charge in [0.1, 0.15) is 5.82 Å². The molecule has 0 aliphatic heterocycles. The van der Waals surface area contributed by atoms with Gasteiger partial charge in [0.2, 0.25) is 5.91 Å². The van der Waals surface area contributed by atoms with E-state index in [1.54, 1.807) is 0 Å². The van der Waals surface area contributed by atoms with Gasteiger partial charge in [0.15, 0.2) is 5.13 Å². The Kier molecular flexibility index (Phi) is 7.05. The van der Waals surface area contributed by atoms with E-state index in [-0.39, 0.29) is 47.8 Å². The summed E-state index contributed by atoms with van der Waals surface area (Å²) in [7, 11) is 0. The van der Waals surface area contributed by atoms with E-state index >= 15 is 0 Å². The second-order valence-corrected chi connectivity index (χ2v) is 11.8. The Morgan fingerprint density at radius 1 is 1.31 bits per heavy atom. The highest BCUT2D eigenvalue weighted by Crippen LogP contribution is 2.62. The van der Waals surface area contributed by atoms with Crippen LogP contribution in [0.4, 0.5) is 9.52 Å². The Morgan fingerprint density at radius 2 is 2.06 bits per heavy atom. The molecular formula is C26H34FN3O4S. The van der Waals surface area contributed by atoms with Crippen molar-refractivity contribution in [3.8, 4) is 0 Å². The topological polar surface area (TPSA) is 112 Å². The standard InChI is InChI=1S/C26H34FN3O4S/c1-14(2)28-21(33)11-17-22-18(12-19-25(17,3)9-8-20(32)26(19,4)13-31)35-24(29-22)30-23(34)15-6-5-7-16(27)10-15/h5-7,10,14,17,19-20,31-32H,8-9,11-13H2,1-4H3,(H,28,33)(H,29,30,34). The predicted octanol–water partition coefficient (Wildman–Crippen LogP) is 3.86. The molecule has 2 aliphatic carbocycles. The van der Waals surface area contributed by atoms with Crippen LogP contribution in [0.1, 0.15) is 73.8 Å². The van der Waals surface area contributed by atoms with Gasteiger partial charge in [-0.05, 0) is 62.6 Å². The molecule has 9 heteroatoms. The fourth-order valence-electron chi connectivity index (χ4n) is 6.06. The molecule has 0 spiro atoms. The van der Waals surface area contributed by atoms with E-state index < -0.39 is 23.2 Å². The van der Waals surface area contributed by atoms with Gasteiger partial charge in [-0.2, -0.15) is 0 Å². The van der Waals surface area contributed by atoms with E-state index in [0.717, 1.165) is 10.6 Å². The van der Waals surface area contributed by atoms with Crippen LogP contribution >= 0.6 is 11.3 Å². The number of aliphatic hydroxyl groups is 2. The average molecular weight is 504 g/mol. The number of fused-ring (bicyclic) bond motifs is 2. The molecule has 0 radical (unpaired) electrons. The third-order valence-corrected chi connectivity index (χ3v) is 9.05. The first kappa shape index (κ1) is 25.7. The van der Waals surface area contributed by atoms with Crippen LogP contribution in [0.2, 0.25) is 0 Å². The molecule has 7 nitrogen and oxygen atoms in total. The van der Waals surface area contributed by atoms with E-state index in [0.29, 0.717) is 24.4 Å². The van der Waals surface area contributed by atoms with E-state index in [1.165, 1.54) is 35.6 Å². The summed E-state index contributed by atoms with van der Waals surface area (Å²) in [5.41, 5.74) is -0.0935. The lowest BCUT2D eigenvalue weighted by molar-refractivity contribution is -0.144. The maximum atomic E-state index is 13.6. The molecule has 190 valence electrons. The molecule has 0 bridgehead atoms. The molecule has 1 saturated carbocycles. The number of halogens is 1. The van der Waals surface area contributed by atoms with Crippen molar-refractivity contribution >= 4 is 28.3 Å². The third-order valence-electron chi connectivity index (χ3n) is 8.04. The number of nitrogens with one attached hydrogen (secondary N) is 2. The van der Waals surface area contributed by atoms with Crippen molar-refractivity contribution in [1.29, 1.82) is 0 Å². The number of aliphatic hydroxyl groups excluding tert-OH is 2. The van der Waals surface area contributed by atoms with Gasteiger partial charge in [-0.25, -0.2) is 9.37 Å². The molecule has 35 heavy (non-hydrogen) atoms. The van der Waals surface area contributed by atoms with Crippen molar-refractivity contribution in [3.63, 3.8) is 0 Å². The molecular weight excluding hydrogens is 469 g/mol. The fraction of sp³-hybridized carbons (Fsp3) is 0.577. The third kappa shape index (κ3) is 4.73. The highest BCUT2D eigenvalue weighted by molar-refractivity contribution is 7.15. The Hall–Kier alpha value is -2.36. The van der Waals surface area contributed by atoms with E-state index in [9.17, 15) is 24.2 Å². The summed E-state index contributed by atoms with van der Waals surface area (Å²) in [5.74, 6) is -1.33. The quantitative estimate of drug-likeness (QED) is 0.478. The fourth-order valence-corrected chi connectivity index (χ4v) is 7.13. The van der Waals surface area contributed by atoms with Gasteiger partial charge in [-0.1, -0.05) is 19.9 Å². The number of carbonyl (C=O) groups is 2. The van der Waals surface area contributed by atoms with Crippen molar-refractivity contribution < 1.29 is 24.2 Å². The van der Waals surface area contributed by atoms with Gasteiger partial charge in [0.05, 0.1) is 18.4 Å². The first-order chi connectivity index (χ1) is 16.5. The van der Waals surface area contributed by atoms with Gasteiger partial charge in [-0.15, -0.1) is 11.3 Å². The lowest BCUT2D eigenvalue weighted by Crippen LogP contribution is -2.57. The highest BCUT2D eigenvalue weighted by atomic mass is 32.1. The van der Waals surface area contributed by atoms with Crippen LogP contribution in [-0.2, 0) is 11.2 Å². The molecule has 1 fully saturated rings. The Morgan fingerprint density at radius 3 is 2.71 bits per heavy atom. The van der Waals surface area contributed by atoms with Crippen molar-refractivity contribution in [2.45, 2.75) is 71.4 Å². The number of amides is 2. The summed E-state index contributed by atoms with van der Waals surface area (Å²) >= 11 is 1.34. The maximum Gasteiger partial charge on any atom is 0.257 e. The largest absolute Gasteiger partial charge is 0.396 e. The molecule has 2 aromatic rings. The second-order valence-electron chi connectivity index (χ2n) is 10.8. The molecule has 1 aromatic carbocycles. The second kappa shape index (κ2) is 9.59. The average Bonchev–Trinajstić information content (AvgIpc) is 3.19. The minimum absolute atomic E-state index is 0.00148. The summed E-state index contributed by atoms with van der Waals surface area (Å²) in [6.07, 6.45) is 1.43. The van der Waals surface area contributed by atoms with Crippen LogP contribution in [0.5, 0.6) is 0 Å². The van der Waals surface area contributed by atoms with E-state index in [2.05, 4.69) is 17.6 Å². The van der Waals surface area contributed by atoms with Crippen LogP contribution in [0.15, 0.2) is 24.3 Å². The monoisotopic (exact) mass is 503 g/mol. The molecule has 5 atom stereocenters. The summed E-state index contributed by atoms with van der Waals surface area (Å²) < 4.78 is 13.6. The van der Waals surface area contributed by atoms with Gasteiger partial charge in [0.25, 0.3) is 5.91 Å². The Balaban J connectivity index is 1.71. The zero-order valence-corrected chi connectivity index (χ0v) is 21.4. The smallest absolute Gasteiger partial charge is 0.257 e. The Labute approximate surface area is 209 Å². The van der Waals surface area contributed by atoms with Crippen LogP contribution < -0.4 is 10.6 Å². The number of hydrogen-bond acceptors (Lipinski definition) is 6. The van der Waals surface area contributed by atoms with Crippen LogP contribution in [0, 0.1) is 22.6 Å². The van der Waals surface area contributed by atoms with Crippen LogP contribution in [-0.4, -0.2) is 45.8 Å². The van der Waals surface area contributed by atoms with E-state index in [1.807, 2.05) is 20.8 Å². The van der Waals surface area contributed by atoms with Crippen molar-refractivity contribution in [2.75, 3.05) is 11.9 Å².